The van der Waals surface area contributed by atoms with Gasteiger partial charge in [0.2, 0.25) is 11.8 Å². The summed E-state index contributed by atoms with van der Waals surface area (Å²) in [5.74, 6) is -6.85. The average Bonchev–Trinajstić information content (AvgIpc) is 2.62. The third-order valence-electron chi connectivity index (χ3n) is 4.75. The lowest BCUT2D eigenvalue weighted by atomic mass is 9.91. The van der Waals surface area contributed by atoms with Crippen LogP contribution in [-0.4, -0.2) is 67.7 Å². The maximum atomic E-state index is 14.7. The van der Waals surface area contributed by atoms with Gasteiger partial charge in [-0.05, 0) is 24.2 Å². The Hall–Kier alpha value is -1.85. The lowest BCUT2D eigenvalue weighted by molar-refractivity contribution is -0.202. The second kappa shape index (κ2) is 15.2. The molecule has 0 aliphatic carbocycles. The molecular formula is C23H42F2N2O7. The van der Waals surface area contributed by atoms with Crippen molar-refractivity contribution in [2.24, 2.45) is 17.8 Å². The number of hydrogen-bond acceptors (Lipinski definition) is 6. The number of amides is 2. The summed E-state index contributed by atoms with van der Waals surface area (Å²) in [7, 11) is 1.47. The van der Waals surface area contributed by atoms with Crippen LogP contribution in [0, 0.1) is 17.8 Å². The summed E-state index contributed by atoms with van der Waals surface area (Å²) in [6.45, 7) is 10.6. The van der Waals surface area contributed by atoms with Crippen LogP contribution in [0.25, 0.3) is 0 Å². The number of halogens is 2. The van der Waals surface area contributed by atoms with Gasteiger partial charge in [0.1, 0.15) is 25.0 Å². The van der Waals surface area contributed by atoms with Gasteiger partial charge in [0.25, 0.3) is 5.92 Å². The number of carbonyl (C=O) groups is 3. The molecule has 0 radical (unpaired) electrons. The Balaban J connectivity index is 5.92. The van der Waals surface area contributed by atoms with E-state index in [9.17, 15) is 23.2 Å². The summed E-state index contributed by atoms with van der Waals surface area (Å²) in [6, 6.07) is -0.996. The van der Waals surface area contributed by atoms with Gasteiger partial charge in [-0.25, -0.2) is 8.78 Å². The molecule has 0 aliphatic rings. The van der Waals surface area contributed by atoms with Crippen molar-refractivity contribution in [1.29, 1.82) is 0 Å². The van der Waals surface area contributed by atoms with Crippen molar-refractivity contribution in [2.45, 2.75) is 84.9 Å². The van der Waals surface area contributed by atoms with Crippen LogP contribution in [0.5, 0.6) is 0 Å². The molecule has 2 atom stereocenters. The fraction of sp³-hybridized carbons (Fsp3) is 0.870. The molecule has 0 aromatic carbocycles. The van der Waals surface area contributed by atoms with Crippen molar-refractivity contribution in [3.05, 3.63) is 0 Å². The summed E-state index contributed by atoms with van der Waals surface area (Å²) in [6.07, 6.45) is -2.33. The van der Waals surface area contributed by atoms with Crippen molar-refractivity contribution >= 4 is 17.8 Å². The molecule has 3 N–H and O–H groups in total. The first-order valence-corrected chi connectivity index (χ1v) is 11.5. The van der Waals surface area contributed by atoms with Crippen LogP contribution < -0.4 is 10.6 Å². The van der Waals surface area contributed by atoms with Crippen molar-refractivity contribution in [3.63, 3.8) is 0 Å². The topological polar surface area (TPSA) is 123 Å². The number of carbonyl (C=O) groups excluding carboxylic acids is 2. The quantitative estimate of drug-likeness (QED) is 0.197. The van der Waals surface area contributed by atoms with Crippen molar-refractivity contribution in [1.82, 2.24) is 10.6 Å². The highest BCUT2D eigenvalue weighted by Gasteiger charge is 2.47. The molecule has 11 heteroatoms. The minimum Gasteiger partial charge on any atom is -0.481 e. The number of carboxylic acid groups (broad SMARTS) is 1. The Morgan fingerprint density at radius 3 is 2.09 bits per heavy atom. The van der Waals surface area contributed by atoms with Crippen molar-refractivity contribution in [2.75, 3.05) is 27.1 Å². The van der Waals surface area contributed by atoms with E-state index in [4.69, 9.17) is 19.3 Å². The van der Waals surface area contributed by atoms with Gasteiger partial charge in [-0.1, -0.05) is 41.5 Å². The first kappa shape index (κ1) is 32.1. The van der Waals surface area contributed by atoms with Crippen molar-refractivity contribution in [3.8, 4) is 0 Å². The molecular weight excluding hydrogens is 454 g/mol. The Kier molecular flexibility index (Phi) is 14.4. The van der Waals surface area contributed by atoms with Crippen molar-refractivity contribution < 1.29 is 42.5 Å². The smallest absolute Gasteiger partial charge is 0.309 e. The number of rotatable bonds is 18. The van der Waals surface area contributed by atoms with Crippen LogP contribution in [-0.2, 0) is 28.6 Å². The Labute approximate surface area is 201 Å². The number of carboxylic acids is 1. The molecule has 0 aromatic heterocycles. The predicted molar refractivity (Wildman–Crippen MR) is 122 cm³/mol. The monoisotopic (exact) mass is 496 g/mol. The van der Waals surface area contributed by atoms with E-state index in [1.807, 2.05) is 13.8 Å². The highest BCUT2D eigenvalue weighted by atomic mass is 19.3. The summed E-state index contributed by atoms with van der Waals surface area (Å²) in [5.41, 5.74) is -1.92. The maximum absolute atomic E-state index is 14.7. The molecule has 9 nitrogen and oxygen atoms in total. The first-order chi connectivity index (χ1) is 15.6. The molecule has 0 fully saturated rings. The third-order valence-corrected chi connectivity index (χ3v) is 4.75. The zero-order valence-corrected chi connectivity index (χ0v) is 21.4. The van der Waals surface area contributed by atoms with Crippen LogP contribution in [0.2, 0.25) is 0 Å². The van der Waals surface area contributed by atoms with E-state index in [0.29, 0.717) is 0 Å². The molecule has 0 bridgehead atoms. The predicted octanol–water partition coefficient (Wildman–Crippen LogP) is 3.17. The van der Waals surface area contributed by atoms with Crippen LogP contribution in [0.15, 0.2) is 0 Å². The fourth-order valence-corrected chi connectivity index (χ4v) is 3.47. The van der Waals surface area contributed by atoms with Gasteiger partial charge in [0.05, 0.1) is 19.6 Å². The zero-order valence-electron chi connectivity index (χ0n) is 21.4. The SMILES string of the molecule is COCCOCOC(CC(C)C)(CC(F)(F)CC(=O)O)NC(=O)[C@@H](NC(=O)CC(C)C)C(C)C. The lowest BCUT2D eigenvalue weighted by Crippen LogP contribution is -2.60. The van der Waals surface area contributed by atoms with Gasteiger partial charge in [0, 0.05) is 13.5 Å². The fourth-order valence-electron chi connectivity index (χ4n) is 3.47. The summed E-state index contributed by atoms with van der Waals surface area (Å²) >= 11 is 0. The highest BCUT2D eigenvalue weighted by molar-refractivity contribution is 5.88. The maximum Gasteiger partial charge on any atom is 0.309 e. The van der Waals surface area contributed by atoms with E-state index < -0.39 is 49.2 Å². The van der Waals surface area contributed by atoms with E-state index in [1.54, 1.807) is 27.7 Å². The van der Waals surface area contributed by atoms with Crippen LogP contribution in [0.4, 0.5) is 8.78 Å². The summed E-state index contributed by atoms with van der Waals surface area (Å²) in [4.78, 5) is 36.5. The molecule has 0 aliphatic heterocycles. The van der Waals surface area contributed by atoms with E-state index in [2.05, 4.69) is 10.6 Å². The van der Waals surface area contributed by atoms with E-state index in [1.165, 1.54) is 7.11 Å². The molecule has 0 aromatic rings. The lowest BCUT2D eigenvalue weighted by Gasteiger charge is -2.39. The Morgan fingerprint density at radius 1 is 1.00 bits per heavy atom. The molecule has 0 heterocycles. The van der Waals surface area contributed by atoms with Gasteiger partial charge < -0.3 is 30.0 Å². The van der Waals surface area contributed by atoms with Crippen LogP contribution >= 0.6 is 0 Å². The van der Waals surface area contributed by atoms with Crippen LogP contribution in [0.3, 0.4) is 0 Å². The average molecular weight is 497 g/mol. The summed E-state index contributed by atoms with van der Waals surface area (Å²) < 4.78 is 45.2. The third kappa shape index (κ3) is 13.8. The van der Waals surface area contributed by atoms with Gasteiger partial charge in [-0.15, -0.1) is 0 Å². The van der Waals surface area contributed by atoms with Gasteiger partial charge in [0.15, 0.2) is 0 Å². The molecule has 34 heavy (non-hydrogen) atoms. The Morgan fingerprint density at radius 2 is 1.62 bits per heavy atom. The number of hydrogen-bond donors (Lipinski definition) is 3. The normalized spacial score (nSPS) is 14.8. The van der Waals surface area contributed by atoms with Crippen LogP contribution in [0.1, 0.15) is 67.2 Å². The molecule has 0 rings (SSSR count). The Bertz CT molecular complexity index is 645. The van der Waals surface area contributed by atoms with E-state index >= 15 is 0 Å². The van der Waals surface area contributed by atoms with Gasteiger partial charge in [-0.2, -0.15) is 0 Å². The van der Waals surface area contributed by atoms with E-state index in [0.717, 1.165) is 0 Å². The largest absolute Gasteiger partial charge is 0.481 e. The second-order valence-corrected chi connectivity index (χ2v) is 9.74. The number of ether oxygens (including phenoxy) is 3. The molecule has 200 valence electrons. The molecule has 1 unspecified atom stereocenters. The first-order valence-electron chi connectivity index (χ1n) is 11.5. The molecule has 0 saturated heterocycles. The number of methoxy groups -OCH3 is 1. The standard InChI is InChI=1S/C23H42F2N2O7/c1-15(2)10-18(28)26-20(17(5)6)21(31)27-23(11-16(3)4,34-14-33-9-8-32-7)13-22(24,25)12-19(29)30/h15-17,20H,8-14H2,1-7H3,(H,26,28)(H,27,31)(H,29,30)/t20-,23?/m0/s1. The minimum atomic E-state index is -3.67. The number of alkyl halides is 2. The molecule has 0 spiro atoms. The molecule has 0 saturated carbocycles. The number of aliphatic carboxylic acids is 1. The number of nitrogens with one attached hydrogen (secondary N) is 2. The van der Waals surface area contributed by atoms with E-state index in [-0.39, 0.29) is 49.7 Å². The van der Waals surface area contributed by atoms with Gasteiger partial charge in [-0.3, -0.25) is 14.4 Å². The zero-order chi connectivity index (χ0) is 26.5. The molecule has 2 amide bonds. The summed E-state index contributed by atoms with van der Waals surface area (Å²) in [5, 5.41) is 14.1. The highest BCUT2D eigenvalue weighted by Crippen LogP contribution is 2.34. The minimum absolute atomic E-state index is 0.0354. The van der Waals surface area contributed by atoms with Gasteiger partial charge >= 0.3 is 5.97 Å². The second-order valence-electron chi connectivity index (χ2n) is 9.74.